The molecule has 6 nitrogen and oxygen atoms in total. The van der Waals surface area contributed by atoms with E-state index in [4.69, 9.17) is 9.47 Å². The Bertz CT molecular complexity index is 771. The number of hydrogen-bond acceptors (Lipinski definition) is 5. The first-order chi connectivity index (χ1) is 12.2. The minimum atomic E-state index is 0.0204. The predicted octanol–water partition coefficient (Wildman–Crippen LogP) is 2.29. The minimum absolute atomic E-state index is 0.0204. The quantitative estimate of drug-likeness (QED) is 0.799. The topological polar surface area (TPSA) is 56.6 Å². The van der Waals surface area contributed by atoms with Crippen LogP contribution >= 0.6 is 0 Å². The van der Waals surface area contributed by atoms with Crippen LogP contribution in [0.1, 0.15) is 29.0 Å². The molecule has 1 fully saturated rings. The van der Waals surface area contributed by atoms with Gasteiger partial charge in [-0.3, -0.25) is 9.69 Å². The molecule has 0 saturated carbocycles. The van der Waals surface area contributed by atoms with E-state index in [1.54, 1.807) is 6.20 Å². The summed E-state index contributed by atoms with van der Waals surface area (Å²) in [6.07, 6.45) is 5.47. The zero-order chi connectivity index (χ0) is 17.2. The van der Waals surface area contributed by atoms with Crippen LogP contribution in [-0.2, 0) is 13.6 Å². The number of rotatable bonds is 4. The van der Waals surface area contributed by atoms with Gasteiger partial charge in [-0.05, 0) is 37.1 Å². The molecule has 0 N–H and O–H groups in total. The molecule has 6 heteroatoms. The second-order valence-corrected chi connectivity index (χ2v) is 6.78. The summed E-state index contributed by atoms with van der Waals surface area (Å²) in [7, 11) is 1.87. The first kappa shape index (κ1) is 16.1. The number of carbonyl (C=O) groups is 1. The Morgan fingerprint density at radius 3 is 2.92 bits per heavy atom. The highest BCUT2D eigenvalue weighted by molar-refractivity contribution is 5.94. The van der Waals surface area contributed by atoms with Crippen LogP contribution in [-0.4, -0.2) is 46.5 Å². The second-order valence-electron chi connectivity index (χ2n) is 6.78. The lowest BCUT2D eigenvalue weighted by molar-refractivity contribution is 0.0797. The molecule has 0 aliphatic carbocycles. The number of ether oxygens (including phenoxy) is 2. The number of likely N-dealkylation sites (tertiary alicyclic amines) is 1. The SMILES string of the molecule is Cn1ccnc1C(=O)C1CCCN(Cc2ccc3c(c2)OCCO3)C1. The highest BCUT2D eigenvalue weighted by Gasteiger charge is 2.28. The van der Waals surface area contributed by atoms with Gasteiger partial charge in [-0.1, -0.05) is 6.07 Å². The number of benzene rings is 1. The molecule has 0 radical (unpaired) electrons. The summed E-state index contributed by atoms with van der Waals surface area (Å²) in [4.78, 5) is 19.3. The number of carbonyl (C=O) groups excluding carboxylic acids is 1. The molecule has 25 heavy (non-hydrogen) atoms. The van der Waals surface area contributed by atoms with E-state index in [2.05, 4.69) is 22.0 Å². The number of fused-ring (bicyclic) bond motifs is 1. The van der Waals surface area contributed by atoms with E-state index < -0.39 is 0 Å². The number of imidazole rings is 1. The lowest BCUT2D eigenvalue weighted by Gasteiger charge is -2.32. The monoisotopic (exact) mass is 341 g/mol. The van der Waals surface area contributed by atoms with Crippen LogP contribution in [0.5, 0.6) is 11.5 Å². The molecule has 1 saturated heterocycles. The van der Waals surface area contributed by atoms with Crippen LogP contribution in [0.4, 0.5) is 0 Å². The summed E-state index contributed by atoms with van der Waals surface area (Å²) >= 11 is 0. The van der Waals surface area contributed by atoms with Crippen molar-refractivity contribution in [3.05, 3.63) is 42.0 Å². The first-order valence-corrected chi connectivity index (χ1v) is 8.83. The fraction of sp³-hybridized carbons (Fsp3) is 0.474. The number of ketones is 1. The Morgan fingerprint density at radius 2 is 2.12 bits per heavy atom. The van der Waals surface area contributed by atoms with Crippen molar-refractivity contribution < 1.29 is 14.3 Å². The van der Waals surface area contributed by atoms with Gasteiger partial charge in [0.1, 0.15) is 13.2 Å². The van der Waals surface area contributed by atoms with E-state index in [0.717, 1.165) is 44.0 Å². The number of hydrogen-bond donors (Lipinski definition) is 0. The van der Waals surface area contributed by atoms with Gasteiger partial charge >= 0.3 is 0 Å². The molecule has 0 amide bonds. The Labute approximate surface area is 147 Å². The van der Waals surface area contributed by atoms with Gasteiger partial charge in [-0.2, -0.15) is 0 Å². The molecular weight excluding hydrogens is 318 g/mol. The highest BCUT2D eigenvalue weighted by atomic mass is 16.6. The zero-order valence-electron chi connectivity index (χ0n) is 14.5. The third kappa shape index (κ3) is 3.39. The lowest BCUT2D eigenvalue weighted by atomic mass is 9.93. The second kappa shape index (κ2) is 6.88. The maximum Gasteiger partial charge on any atom is 0.202 e. The first-order valence-electron chi connectivity index (χ1n) is 8.83. The van der Waals surface area contributed by atoms with E-state index >= 15 is 0 Å². The van der Waals surface area contributed by atoms with Crippen molar-refractivity contribution in [1.82, 2.24) is 14.5 Å². The minimum Gasteiger partial charge on any atom is -0.486 e. The van der Waals surface area contributed by atoms with Gasteiger partial charge in [-0.15, -0.1) is 0 Å². The molecule has 132 valence electrons. The molecule has 3 heterocycles. The molecule has 0 spiro atoms. The molecule has 2 aliphatic heterocycles. The van der Waals surface area contributed by atoms with Gasteiger partial charge in [0.15, 0.2) is 17.3 Å². The average molecular weight is 341 g/mol. The van der Waals surface area contributed by atoms with Crippen molar-refractivity contribution in [2.75, 3.05) is 26.3 Å². The maximum absolute atomic E-state index is 12.7. The third-order valence-electron chi connectivity index (χ3n) is 4.93. The number of nitrogens with zero attached hydrogens (tertiary/aromatic N) is 3. The zero-order valence-corrected chi connectivity index (χ0v) is 14.5. The Kier molecular flexibility index (Phi) is 4.44. The van der Waals surface area contributed by atoms with E-state index in [1.165, 1.54) is 5.56 Å². The number of piperidine rings is 1. The normalized spacial score (nSPS) is 20.4. The Hall–Kier alpha value is -2.34. The molecule has 0 bridgehead atoms. The van der Waals surface area contributed by atoms with Crippen molar-refractivity contribution in [2.45, 2.75) is 19.4 Å². The number of aryl methyl sites for hydroxylation is 1. The Morgan fingerprint density at radius 1 is 1.28 bits per heavy atom. The van der Waals surface area contributed by atoms with Crippen LogP contribution in [0.3, 0.4) is 0 Å². The van der Waals surface area contributed by atoms with Crippen molar-refractivity contribution in [1.29, 1.82) is 0 Å². The van der Waals surface area contributed by atoms with Crippen molar-refractivity contribution in [3.8, 4) is 11.5 Å². The fourth-order valence-corrected chi connectivity index (χ4v) is 3.64. The van der Waals surface area contributed by atoms with Crippen LogP contribution in [0.15, 0.2) is 30.6 Å². The van der Waals surface area contributed by atoms with E-state index in [-0.39, 0.29) is 11.7 Å². The number of Topliss-reactive ketones (excluding diaryl/α,β-unsaturated/α-hetero) is 1. The van der Waals surface area contributed by atoms with Gasteiger partial charge in [0.25, 0.3) is 0 Å². The molecule has 1 aromatic heterocycles. The van der Waals surface area contributed by atoms with Crippen molar-refractivity contribution in [3.63, 3.8) is 0 Å². The molecule has 1 atom stereocenters. The van der Waals surface area contributed by atoms with Crippen LogP contribution in [0.2, 0.25) is 0 Å². The lowest BCUT2D eigenvalue weighted by Crippen LogP contribution is -2.38. The van der Waals surface area contributed by atoms with Gasteiger partial charge in [0.05, 0.1) is 0 Å². The third-order valence-corrected chi connectivity index (χ3v) is 4.93. The average Bonchev–Trinajstić information content (AvgIpc) is 3.07. The summed E-state index contributed by atoms with van der Waals surface area (Å²) in [5, 5.41) is 0. The summed E-state index contributed by atoms with van der Waals surface area (Å²) in [5.74, 6) is 2.37. The molecule has 2 aromatic rings. The van der Waals surface area contributed by atoms with Crippen LogP contribution in [0, 0.1) is 5.92 Å². The fourth-order valence-electron chi connectivity index (χ4n) is 3.64. The van der Waals surface area contributed by atoms with Gasteiger partial charge in [0, 0.05) is 38.4 Å². The predicted molar refractivity (Wildman–Crippen MR) is 93.0 cm³/mol. The van der Waals surface area contributed by atoms with Gasteiger partial charge < -0.3 is 14.0 Å². The Balaban J connectivity index is 1.43. The largest absolute Gasteiger partial charge is 0.486 e. The smallest absolute Gasteiger partial charge is 0.202 e. The van der Waals surface area contributed by atoms with Crippen LogP contribution in [0.25, 0.3) is 0 Å². The summed E-state index contributed by atoms with van der Waals surface area (Å²) in [6.45, 7) is 3.82. The summed E-state index contributed by atoms with van der Waals surface area (Å²) in [5.41, 5.74) is 1.19. The van der Waals surface area contributed by atoms with Gasteiger partial charge in [0.2, 0.25) is 5.78 Å². The summed E-state index contributed by atoms with van der Waals surface area (Å²) in [6, 6.07) is 6.11. The van der Waals surface area contributed by atoms with Crippen LogP contribution < -0.4 is 9.47 Å². The van der Waals surface area contributed by atoms with E-state index in [0.29, 0.717) is 19.0 Å². The summed E-state index contributed by atoms with van der Waals surface area (Å²) < 4.78 is 13.1. The maximum atomic E-state index is 12.7. The highest BCUT2D eigenvalue weighted by Crippen LogP contribution is 2.31. The van der Waals surface area contributed by atoms with E-state index in [9.17, 15) is 4.79 Å². The van der Waals surface area contributed by atoms with Gasteiger partial charge in [-0.25, -0.2) is 4.98 Å². The van der Waals surface area contributed by atoms with Crippen molar-refractivity contribution in [2.24, 2.45) is 13.0 Å². The molecule has 1 unspecified atom stereocenters. The molecule has 4 rings (SSSR count). The molecule has 1 aromatic carbocycles. The standard InChI is InChI=1S/C19H23N3O3/c1-21-8-6-20-19(21)18(23)15-3-2-7-22(13-15)12-14-4-5-16-17(11-14)25-10-9-24-16/h4-6,8,11,15H,2-3,7,9-10,12-13H2,1H3. The molecular formula is C19H23N3O3. The van der Waals surface area contributed by atoms with E-state index in [1.807, 2.05) is 23.9 Å². The molecule has 2 aliphatic rings. The number of aromatic nitrogens is 2. The van der Waals surface area contributed by atoms with Crippen molar-refractivity contribution >= 4 is 5.78 Å².